The van der Waals surface area contributed by atoms with Gasteiger partial charge in [-0.1, -0.05) is 137 Å². The van der Waals surface area contributed by atoms with Crippen LogP contribution in [0.25, 0.3) is 0 Å². The van der Waals surface area contributed by atoms with Crippen molar-refractivity contribution in [1.82, 2.24) is 0 Å². The van der Waals surface area contributed by atoms with Gasteiger partial charge in [-0.3, -0.25) is 9.59 Å². The van der Waals surface area contributed by atoms with Crippen molar-refractivity contribution < 1.29 is 38.1 Å². The van der Waals surface area contributed by atoms with Crippen LogP contribution in [-0.2, 0) is 33.0 Å². The van der Waals surface area contributed by atoms with E-state index >= 15 is 0 Å². The van der Waals surface area contributed by atoms with Crippen LogP contribution in [0, 0.1) is 0 Å². The molecule has 1 aliphatic heterocycles. The van der Waals surface area contributed by atoms with Crippen molar-refractivity contribution in [3.63, 3.8) is 0 Å². The number of ketones is 1. The monoisotopic (exact) mass is 699 g/mol. The first kappa shape index (κ1) is 44.8. The Hall–Kier alpha value is -1.26. The lowest BCUT2D eigenvalue weighted by atomic mass is 9.98. The van der Waals surface area contributed by atoms with E-state index in [1.807, 2.05) is 6.92 Å². The molecule has 0 aromatic rings. The van der Waals surface area contributed by atoms with E-state index in [9.17, 15) is 14.7 Å². The summed E-state index contributed by atoms with van der Waals surface area (Å²) in [5.41, 5.74) is 0. The zero-order valence-corrected chi connectivity index (χ0v) is 33.2. The summed E-state index contributed by atoms with van der Waals surface area (Å²) in [6.45, 7) is 17.6. The number of ether oxygens (including phenoxy) is 4. The maximum atomic E-state index is 13.1. The maximum absolute atomic E-state index is 13.1. The van der Waals surface area contributed by atoms with E-state index in [-0.39, 0.29) is 23.8 Å². The molecular formula is C39H74O8Si. The molecule has 0 spiro atoms. The van der Waals surface area contributed by atoms with Gasteiger partial charge in [-0.15, -0.1) is 0 Å². The number of esters is 1. The number of hydrogen-bond acceptors (Lipinski definition) is 8. The van der Waals surface area contributed by atoms with Crippen molar-refractivity contribution in [3.05, 3.63) is 12.3 Å². The van der Waals surface area contributed by atoms with E-state index in [1.165, 1.54) is 76.9 Å². The molecule has 1 heterocycles. The average Bonchev–Trinajstić information content (AvgIpc) is 3.02. The summed E-state index contributed by atoms with van der Waals surface area (Å²) in [5, 5.41) is 11.5. The summed E-state index contributed by atoms with van der Waals surface area (Å²) in [6.07, 6.45) is 18.2. The highest BCUT2D eigenvalue weighted by atomic mass is 28.4. The van der Waals surface area contributed by atoms with E-state index in [0.717, 1.165) is 38.5 Å². The molecule has 1 N–H and O–H groups in total. The van der Waals surface area contributed by atoms with E-state index < -0.39 is 45.0 Å². The summed E-state index contributed by atoms with van der Waals surface area (Å²) in [5.74, 6) is -0.786. The third-order valence-corrected chi connectivity index (χ3v) is 14.4. The number of hydrogen-bond donors (Lipinski definition) is 1. The molecule has 0 aromatic carbocycles. The van der Waals surface area contributed by atoms with Crippen LogP contribution in [0.4, 0.5) is 0 Å². The average molecular weight is 699 g/mol. The second kappa shape index (κ2) is 25.7. The number of aliphatic hydroxyl groups is 1. The molecule has 282 valence electrons. The third-order valence-electron chi connectivity index (χ3n) is 9.86. The number of carbonyl (C=O) groups is 2. The summed E-state index contributed by atoms with van der Waals surface area (Å²) in [7, 11) is -2.14. The van der Waals surface area contributed by atoms with Crippen molar-refractivity contribution in [1.29, 1.82) is 0 Å². The lowest BCUT2D eigenvalue weighted by Gasteiger charge is -2.44. The molecule has 0 unspecified atom stereocenters. The van der Waals surface area contributed by atoms with E-state index in [2.05, 4.69) is 47.7 Å². The molecule has 1 aliphatic rings. The molecule has 48 heavy (non-hydrogen) atoms. The summed E-state index contributed by atoms with van der Waals surface area (Å²) < 4.78 is 30.7. The van der Waals surface area contributed by atoms with Crippen LogP contribution in [-0.4, -0.2) is 69.1 Å². The Labute approximate surface area is 295 Å². The number of allylic oxidation sites excluding steroid dienone is 1. The van der Waals surface area contributed by atoms with Crippen LogP contribution in [0.3, 0.4) is 0 Å². The zero-order chi connectivity index (χ0) is 35.8. The molecular weight excluding hydrogens is 625 g/mol. The third kappa shape index (κ3) is 18.7. The predicted octanol–water partition coefficient (Wildman–Crippen LogP) is 9.96. The molecule has 0 saturated carbocycles. The minimum atomic E-state index is -2.14. The van der Waals surface area contributed by atoms with Crippen molar-refractivity contribution in [2.45, 2.75) is 212 Å². The fourth-order valence-electron chi connectivity index (χ4n) is 5.65. The van der Waals surface area contributed by atoms with Crippen LogP contribution >= 0.6 is 0 Å². The second-order valence-electron chi connectivity index (χ2n) is 15.3. The second-order valence-corrected chi connectivity index (χ2v) is 20.1. The highest BCUT2D eigenvalue weighted by molar-refractivity contribution is 6.74. The minimum Gasteiger partial charge on any atom is -0.469 e. The minimum absolute atomic E-state index is 0.0151. The molecule has 8 nitrogen and oxygen atoms in total. The Morgan fingerprint density at radius 1 is 0.792 bits per heavy atom. The van der Waals surface area contributed by atoms with Gasteiger partial charge in [0.05, 0.1) is 12.9 Å². The molecule has 1 fully saturated rings. The van der Waals surface area contributed by atoms with Crippen molar-refractivity contribution in [2.75, 3.05) is 13.2 Å². The highest BCUT2D eigenvalue weighted by Crippen LogP contribution is 2.37. The van der Waals surface area contributed by atoms with Gasteiger partial charge in [-0.25, -0.2) is 0 Å². The lowest BCUT2D eigenvalue weighted by Crippen LogP contribution is -2.62. The van der Waals surface area contributed by atoms with Gasteiger partial charge in [0.25, 0.3) is 0 Å². The maximum Gasteiger partial charge on any atom is 0.313 e. The molecule has 1 rings (SSSR count). The van der Waals surface area contributed by atoms with Crippen LogP contribution in [0.2, 0.25) is 18.1 Å². The van der Waals surface area contributed by atoms with Crippen molar-refractivity contribution in [2.24, 2.45) is 0 Å². The van der Waals surface area contributed by atoms with Gasteiger partial charge < -0.3 is 28.5 Å². The van der Waals surface area contributed by atoms with Gasteiger partial charge >= 0.3 is 5.97 Å². The number of unbranched alkanes of at least 4 members (excludes halogenated alkanes) is 15. The highest BCUT2D eigenvalue weighted by Gasteiger charge is 2.50. The molecule has 0 bridgehead atoms. The van der Waals surface area contributed by atoms with Gasteiger partial charge in [0.2, 0.25) is 6.29 Å². The number of aliphatic hydroxyl groups excluding tert-OH is 1. The van der Waals surface area contributed by atoms with Crippen LogP contribution < -0.4 is 0 Å². The number of carbonyl (C=O) groups excluding carboxylic acids is 2. The Bertz CT molecular complexity index is 871. The van der Waals surface area contributed by atoms with Crippen molar-refractivity contribution in [3.8, 4) is 0 Å². The predicted molar refractivity (Wildman–Crippen MR) is 197 cm³/mol. The first-order valence-corrected chi connectivity index (χ1v) is 22.4. The molecule has 1 saturated heterocycles. The van der Waals surface area contributed by atoms with Gasteiger partial charge in [0, 0.05) is 13.0 Å². The SMILES string of the molecule is C/C=C/O[C@@H]1O[C@H](CO[Si](C)(C)C(C)(C)C)[C@@H](O)[C@H](OCCCCCCCCCC)[C@H]1OC(=O)CC(=O)CCCCCCCCCCC. The van der Waals surface area contributed by atoms with Crippen molar-refractivity contribution >= 4 is 20.1 Å². The van der Waals surface area contributed by atoms with Crippen LogP contribution in [0.15, 0.2) is 12.3 Å². The first-order chi connectivity index (χ1) is 22.9. The molecule has 5 atom stereocenters. The van der Waals surface area contributed by atoms with E-state index in [0.29, 0.717) is 13.0 Å². The summed E-state index contributed by atoms with van der Waals surface area (Å²) in [6, 6.07) is 0. The van der Waals surface area contributed by atoms with Gasteiger partial charge in [0.1, 0.15) is 30.5 Å². The van der Waals surface area contributed by atoms with Gasteiger partial charge in [-0.2, -0.15) is 0 Å². The summed E-state index contributed by atoms with van der Waals surface area (Å²) >= 11 is 0. The quantitative estimate of drug-likeness (QED) is 0.0283. The first-order valence-electron chi connectivity index (χ1n) is 19.4. The van der Waals surface area contributed by atoms with E-state index in [1.54, 1.807) is 6.08 Å². The fourth-order valence-corrected chi connectivity index (χ4v) is 6.66. The van der Waals surface area contributed by atoms with Crippen LogP contribution in [0.5, 0.6) is 0 Å². The molecule has 9 heteroatoms. The number of rotatable bonds is 28. The smallest absolute Gasteiger partial charge is 0.313 e. The molecule has 0 amide bonds. The molecule has 0 aromatic heterocycles. The normalized spacial score (nSPS) is 21.9. The lowest BCUT2D eigenvalue weighted by molar-refractivity contribution is -0.298. The number of Topliss-reactive ketones (excluding diaryl/α,β-unsaturated/α-hetero) is 1. The Kier molecular flexibility index (Phi) is 23.9. The zero-order valence-electron chi connectivity index (χ0n) is 32.2. The summed E-state index contributed by atoms with van der Waals surface area (Å²) in [4.78, 5) is 25.8. The largest absolute Gasteiger partial charge is 0.469 e. The molecule has 0 aliphatic carbocycles. The van der Waals surface area contributed by atoms with Gasteiger partial charge in [0.15, 0.2) is 14.4 Å². The topological polar surface area (TPSA) is 101 Å². The Morgan fingerprint density at radius 3 is 1.83 bits per heavy atom. The van der Waals surface area contributed by atoms with Crippen LogP contribution in [0.1, 0.15) is 164 Å². The Morgan fingerprint density at radius 2 is 1.31 bits per heavy atom. The standard InChI is InChI=1S/C39H74O8Si/c1-9-12-14-16-18-20-21-23-25-27-32(40)30-34(41)47-37-36(43-29-26-24-22-19-17-15-13-10-2)35(42)33(46-38(37)44-28-11-3)31-45-48(7,8)39(4,5)6/h11,28,33,35-38,42H,9-10,12-27,29-31H2,1-8H3/b28-11+/t33-,35-,36+,37-,38-/m1/s1. The Balaban J connectivity index is 2.85. The van der Waals surface area contributed by atoms with Gasteiger partial charge in [-0.05, 0) is 37.9 Å². The van der Waals surface area contributed by atoms with E-state index in [4.69, 9.17) is 23.4 Å². The fraction of sp³-hybridized carbons (Fsp3) is 0.897. The molecule has 0 radical (unpaired) electrons.